The molecular formula is C14H20ClN3O3S. The highest BCUT2D eigenvalue weighted by Crippen LogP contribution is 2.37. The van der Waals surface area contributed by atoms with Crippen molar-refractivity contribution in [1.29, 1.82) is 5.41 Å². The maximum absolute atomic E-state index is 12.0. The lowest BCUT2D eigenvalue weighted by Crippen LogP contribution is -2.35. The Morgan fingerprint density at radius 1 is 1.32 bits per heavy atom. The van der Waals surface area contributed by atoms with Crippen molar-refractivity contribution in [2.45, 2.75) is 36.5 Å². The predicted octanol–water partition coefficient (Wildman–Crippen LogP) is 1.79. The number of carbonyl (C=O) groups is 1. The molecule has 1 amide bonds. The molecule has 0 bridgehead atoms. The van der Waals surface area contributed by atoms with Gasteiger partial charge in [-0.15, -0.1) is 12.4 Å². The van der Waals surface area contributed by atoms with E-state index in [0.717, 1.165) is 37.5 Å². The molecule has 22 heavy (non-hydrogen) atoms. The van der Waals surface area contributed by atoms with Crippen LogP contribution in [0.15, 0.2) is 23.1 Å². The van der Waals surface area contributed by atoms with Gasteiger partial charge >= 0.3 is 0 Å². The van der Waals surface area contributed by atoms with Gasteiger partial charge in [-0.2, -0.15) is 0 Å². The lowest BCUT2D eigenvalue weighted by atomic mass is 9.96. The fraction of sp³-hybridized carbons (Fsp3) is 0.429. The first-order valence-corrected chi connectivity index (χ1v) is 8.67. The predicted molar refractivity (Wildman–Crippen MR) is 87.4 cm³/mol. The van der Waals surface area contributed by atoms with E-state index in [4.69, 9.17) is 11.1 Å². The monoisotopic (exact) mass is 345 g/mol. The SMILES string of the molecule is CS(=O)(=O)c1cc(C(=O)NC(=N)N)ccc1C1CCCC1.Cl. The molecule has 1 aromatic carbocycles. The van der Waals surface area contributed by atoms with Crippen LogP contribution in [0.5, 0.6) is 0 Å². The third kappa shape index (κ3) is 4.20. The van der Waals surface area contributed by atoms with Crippen molar-refractivity contribution in [3.05, 3.63) is 29.3 Å². The molecule has 0 spiro atoms. The topological polar surface area (TPSA) is 113 Å². The zero-order chi connectivity index (χ0) is 15.6. The molecule has 1 aliphatic rings. The Morgan fingerprint density at radius 3 is 2.41 bits per heavy atom. The summed E-state index contributed by atoms with van der Waals surface area (Å²) >= 11 is 0. The van der Waals surface area contributed by atoms with Gasteiger partial charge in [-0.1, -0.05) is 18.9 Å². The first-order valence-electron chi connectivity index (χ1n) is 6.78. The molecule has 122 valence electrons. The van der Waals surface area contributed by atoms with Gasteiger partial charge in [0.1, 0.15) is 0 Å². The molecule has 0 atom stereocenters. The van der Waals surface area contributed by atoms with E-state index in [1.807, 2.05) is 0 Å². The number of benzene rings is 1. The standard InChI is InChI=1S/C14H19N3O3S.ClH/c1-21(19,20)12-8-10(13(18)17-14(15)16)6-7-11(12)9-4-2-3-5-9;/h6-9H,2-5H2,1H3,(H4,15,16,17,18);1H. The summed E-state index contributed by atoms with van der Waals surface area (Å²) in [6.07, 6.45) is 5.29. The van der Waals surface area contributed by atoms with E-state index in [2.05, 4.69) is 5.32 Å². The molecule has 8 heteroatoms. The number of halogens is 1. The Bertz CT molecular complexity index is 683. The molecule has 2 rings (SSSR count). The summed E-state index contributed by atoms with van der Waals surface area (Å²) in [6, 6.07) is 4.67. The molecule has 0 aromatic heterocycles. The van der Waals surface area contributed by atoms with Crippen LogP contribution in [0.1, 0.15) is 47.5 Å². The number of rotatable bonds is 3. The molecule has 1 aliphatic carbocycles. The number of carbonyl (C=O) groups excluding carboxylic acids is 1. The molecule has 1 fully saturated rings. The van der Waals surface area contributed by atoms with Crippen LogP contribution in [0.2, 0.25) is 0 Å². The van der Waals surface area contributed by atoms with Gasteiger partial charge in [-0.3, -0.25) is 15.5 Å². The molecule has 0 unspecified atom stereocenters. The number of guanidine groups is 1. The fourth-order valence-electron chi connectivity index (χ4n) is 2.77. The van der Waals surface area contributed by atoms with Crippen LogP contribution in [0.4, 0.5) is 0 Å². The van der Waals surface area contributed by atoms with Gasteiger partial charge in [0.2, 0.25) is 0 Å². The Hall–Kier alpha value is -1.60. The van der Waals surface area contributed by atoms with Crippen molar-refractivity contribution in [3.8, 4) is 0 Å². The van der Waals surface area contributed by atoms with Crippen LogP contribution in [-0.4, -0.2) is 26.5 Å². The zero-order valence-electron chi connectivity index (χ0n) is 12.3. The van der Waals surface area contributed by atoms with Gasteiger partial charge in [0.25, 0.3) is 5.91 Å². The van der Waals surface area contributed by atoms with Crippen LogP contribution in [0.25, 0.3) is 0 Å². The van der Waals surface area contributed by atoms with E-state index >= 15 is 0 Å². The molecule has 4 N–H and O–H groups in total. The Labute approximate surface area is 136 Å². The first-order chi connectivity index (χ1) is 9.79. The fourth-order valence-corrected chi connectivity index (χ4v) is 3.77. The lowest BCUT2D eigenvalue weighted by molar-refractivity contribution is 0.0976. The van der Waals surface area contributed by atoms with E-state index in [0.29, 0.717) is 0 Å². The summed E-state index contributed by atoms with van der Waals surface area (Å²) in [6.45, 7) is 0. The minimum atomic E-state index is -3.42. The molecule has 6 nitrogen and oxygen atoms in total. The molecule has 0 saturated heterocycles. The third-order valence-electron chi connectivity index (χ3n) is 3.72. The van der Waals surface area contributed by atoms with Gasteiger partial charge in [0, 0.05) is 11.8 Å². The van der Waals surface area contributed by atoms with Crippen molar-refractivity contribution in [2.24, 2.45) is 5.73 Å². The van der Waals surface area contributed by atoms with Crippen molar-refractivity contribution in [1.82, 2.24) is 5.32 Å². The van der Waals surface area contributed by atoms with Crippen molar-refractivity contribution in [2.75, 3.05) is 6.26 Å². The highest BCUT2D eigenvalue weighted by molar-refractivity contribution is 7.90. The third-order valence-corrected chi connectivity index (χ3v) is 4.87. The van der Waals surface area contributed by atoms with Crippen molar-refractivity contribution < 1.29 is 13.2 Å². The van der Waals surface area contributed by atoms with E-state index in [1.54, 1.807) is 12.1 Å². The minimum absolute atomic E-state index is 0. The summed E-state index contributed by atoms with van der Waals surface area (Å²) in [4.78, 5) is 12.0. The van der Waals surface area contributed by atoms with E-state index in [9.17, 15) is 13.2 Å². The van der Waals surface area contributed by atoms with Crippen molar-refractivity contribution in [3.63, 3.8) is 0 Å². The number of amides is 1. The Kier molecular flexibility index (Phi) is 5.96. The van der Waals surface area contributed by atoms with Crippen LogP contribution in [-0.2, 0) is 9.84 Å². The summed E-state index contributed by atoms with van der Waals surface area (Å²) in [7, 11) is -3.42. The lowest BCUT2D eigenvalue weighted by Gasteiger charge is -2.15. The number of nitrogens with one attached hydrogen (secondary N) is 2. The van der Waals surface area contributed by atoms with Gasteiger partial charge in [0.15, 0.2) is 15.8 Å². The maximum Gasteiger partial charge on any atom is 0.257 e. The summed E-state index contributed by atoms with van der Waals surface area (Å²) in [5, 5.41) is 9.21. The van der Waals surface area contributed by atoms with E-state index in [1.165, 1.54) is 6.07 Å². The molecule has 0 radical (unpaired) electrons. The summed E-state index contributed by atoms with van der Waals surface area (Å²) in [5.74, 6) is -0.814. The number of hydrogen-bond acceptors (Lipinski definition) is 4. The van der Waals surface area contributed by atoms with E-state index < -0.39 is 21.7 Å². The molecule has 0 heterocycles. The summed E-state index contributed by atoms with van der Waals surface area (Å²) in [5.41, 5.74) is 6.09. The molecule has 1 aromatic rings. The number of sulfone groups is 1. The quantitative estimate of drug-likeness (QED) is 0.572. The first kappa shape index (κ1) is 18.4. The van der Waals surface area contributed by atoms with Crippen LogP contribution >= 0.6 is 12.4 Å². The second-order valence-corrected chi connectivity index (χ2v) is 7.36. The molecule has 1 saturated carbocycles. The van der Waals surface area contributed by atoms with Crippen LogP contribution < -0.4 is 11.1 Å². The van der Waals surface area contributed by atoms with E-state index in [-0.39, 0.29) is 28.8 Å². The van der Waals surface area contributed by atoms with Gasteiger partial charge in [-0.25, -0.2) is 8.42 Å². The average molecular weight is 346 g/mol. The molecular weight excluding hydrogens is 326 g/mol. The normalized spacial score (nSPS) is 15.1. The zero-order valence-corrected chi connectivity index (χ0v) is 13.9. The summed E-state index contributed by atoms with van der Waals surface area (Å²) < 4.78 is 24.0. The Balaban J connectivity index is 0.00000242. The highest BCUT2D eigenvalue weighted by Gasteiger charge is 2.24. The van der Waals surface area contributed by atoms with Crippen LogP contribution in [0, 0.1) is 5.41 Å². The minimum Gasteiger partial charge on any atom is -0.370 e. The second kappa shape index (κ2) is 7.11. The van der Waals surface area contributed by atoms with Crippen molar-refractivity contribution >= 4 is 34.1 Å². The van der Waals surface area contributed by atoms with Gasteiger partial charge in [-0.05, 0) is 36.5 Å². The van der Waals surface area contributed by atoms with Gasteiger partial charge < -0.3 is 5.73 Å². The second-order valence-electron chi connectivity index (χ2n) is 5.37. The number of nitrogens with two attached hydrogens (primary N) is 1. The van der Waals surface area contributed by atoms with Crippen LogP contribution in [0.3, 0.4) is 0 Å². The highest BCUT2D eigenvalue weighted by atomic mass is 35.5. The average Bonchev–Trinajstić information content (AvgIpc) is 2.89. The van der Waals surface area contributed by atoms with Gasteiger partial charge in [0.05, 0.1) is 4.90 Å². The molecule has 0 aliphatic heterocycles. The Morgan fingerprint density at radius 2 is 1.91 bits per heavy atom. The largest absolute Gasteiger partial charge is 0.370 e. The maximum atomic E-state index is 12.0. The number of hydrogen-bond donors (Lipinski definition) is 3. The smallest absolute Gasteiger partial charge is 0.257 e.